The van der Waals surface area contributed by atoms with E-state index in [1.807, 2.05) is 6.20 Å². The van der Waals surface area contributed by atoms with Crippen molar-refractivity contribution < 1.29 is 0 Å². The van der Waals surface area contributed by atoms with Gasteiger partial charge in [0.15, 0.2) is 0 Å². The second-order valence-corrected chi connectivity index (χ2v) is 5.17. The molecule has 90 valence electrons. The van der Waals surface area contributed by atoms with Crippen LogP contribution in [-0.2, 0) is 0 Å². The summed E-state index contributed by atoms with van der Waals surface area (Å²) in [6, 6.07) is 2.64. The second kappa shape index (κ2) is 6.21. The van der Waals surface area contributed by atoms with Crippen molar-refractivity contribution in [1.29, 1.82) is 0 Å². The van der Waals surface area contributed by atoms with Crippen molar-refractivity contribution >= 4 is 21.7 Å². The molecule has 1 aromatic rings. The largest absolute Gasteiger partial charge is 0.369 e. The third-order valence-corrected chi connectivity index (χ3v) is 3.53. The number of anilines is 1. The molecule has 0 atom stereocenters. The van der Waals surface area contributed by atoms with E-state index in [-0.39, 0.29) is 0 Å². The van der Waals surface area contributed by atoms with Crippen LogP contribution in [0.25, 0.3) is 0 Å². The summed E-state index contributed by atoms with van der Waals surface area (Å²) in [4.78, 5) is 6.61. The van der Waals surface area contributed by atoms with Crippen molar-refractivity contribution in [2.75, 3.05) is 25.5 Å². The second-order valence-electron chi connectivity index (χ2n) is 4.32. The van der Waals surface area contributed by atoms with Crippen LogP contribution >= 0.6 is 15.9 Å². The molecule has 0 saturated carbocycles. The Morgan fingerprint density at radius 2 is 2.19 bits per heavy atom. The third-order valence-electron chi connectivity index (χ3n) is 2.70. The molecule has 0 aliphatic rings. The molecule has 1 aromatic heterocycles. The van der Waals surface area contributed by atoms with Gasteiger partial charge in [-0.1, -0.05) is 0 Å². The molecule has 0 amide bonds. The summed E-state index contributed by atoms with van der Waals surface area (Å²) in [5.41, 5.74) is 1.20. The molecular formula is C12H20BrN3. The zero-order valence-electron chi connectivity index (χ0n) is 10.4. The molecule has 0 fully saturated rings. The van der Waals surface area contributed by atoms with E-state index in [2.05, 4.69) is 65.0 Å². The number of aromatic nitrogens is 1. The number of nitrogens with zero attached hydrogens (tertiary/aromatic N) is 2. The average Bonchev–Trinajstić information content (AvgIpc) is 2.23. The zero-order valence-corrected chi connectivity index (χ0v) is 12.0. The maximum absolute atomic E-state index is 4.30. The molecule has 1 heterocycles. The summed E-state index contributed by atoms with van der Waals surface area (Å²) in [5.74, 6) is 0.942. The standard InChI is InChI=1S/C12H20BrN3/c1-9(2)16(4)6-5-14-12-7-10(3)11(13)8-15-12/h7-9H,5-6H2,1-4H3,(H,14,15). The highest BCUT2D eigenvalue weighted by atomic mass is 79.9. The van der Waals surface area contributed by atoms with E-state index in [4.69, 9.17) is 0 Å². The Kier molecular flexibility index (Phi) is 5.22. The Labute approximate surface area is 106 Å². The van der Waals surface area contributed by atoms with Gasteiger partial charge >= 0.3 is 0 Å². The first kappa shape index (κ1) is 13.5. The summed E-state index contributed by atoms with van der Waals surface area (Å²) in [6.45, 7) is 8.40. The minimum absolute atomic E-state index is 0.585. The normalized spacial score (nSPS) is 11.2. The maximum Gasteiger partial charge on any atom is 0.126 e. The van der Waals surface area contributed by atoms with Gasteiger partial charge in [0.05, 0.1) is 0 Å². The molecule has 0 aromatic carbocycles. The summed E-state index contributed by atoms with van der Waals surface area (Å²) in [5, 5.41) is 3.32. The van der Waals surface area contributed by atoms with Crippen molar-refractivity contribution in [2.45, 2.75) is 26.8 Å². The van der Waals surface area contributed by atoms with Crippen LogP contribution in [0.2, 0.25) is 0 Å². The van der Waals surface area contributed by atoms with E-state index < -0.39 is 0 Å². The smallest absolute Gasteiger partial charge is 0.126 e. The van der Waals surface area contributed by atoms with Gasteiger partial charge in [-0.2, -0.15) is 0 Å². The van der Waals surface area contributed by atoms with Gasteiger partial charge in [0.1, 0.15) is 5.82 Å². The van der Waals surface area contributed by atoms with E-state index in [9.17, 15) is 0 Å². The van der Waals surface area contributed by atoms with Gasteiger partial charge in [-0.25, -0.2) is 4.98 Å². The van der Waals surface area contributed by atoms with Crippen molar-refractivity contribution in [1.82, 2.24) is 9.88 Å². The fourth-order valence-corrected chi connectivity index (χ4v) is 1.47. The molecule has 1 rings (SSSR count). The minimum atomic E-state index is 0.585. The van der Waals surface area contributed by atoms with E-state index in [0.29, 0.717) is 6.04 Å². The number of likely N-dealkylation sites (N-methyl/N-ethyl adjacent to an activating group) is 1. The van der Waals surface area contributed by atoms with Crippen molar-refractivity contribution in [3.05, 3.63) is 22.3 Å². The van der Waals surface area contributed by atoms with Crippen LogP contribution in [-0.4, -0.2) is 36.1 Å². The number of hydrogen-bond donors (Lipinski definition) is 1. The Hall–Kier alpha value is -0.610. The predicted octanol–water partition coefficient (Wildman–Crippen LogP) is 2.90. The van der Waals surface area contributed by atoms with Crippen LogP contribution in [0, 0.1) is 6.92 Å². The summed E-state index contributed by atoms with van der Waals surface area (Å²) in [7, 11) is 2.13. The number of hydrogen-bond acceptors (Lipinski definition) is 3. The monoisotopic (exact) mass is 285 g/mol. The molecule has 0 radical (unpaired) electrons. The van der Waals surface area contributed by atoms with Crippen molar-refractivity contribution in [3.8, 4) is 0 Å². The molecule has 1 N–H and O–H groups in total. The Morgan fingerprint density at radius 3 is 2.75 bits per heavy atom. The van der Waals surface area contributed by atoms with Gasteiger partial charge in [0.2, 0.25) is 0 Å². The average molecular weight is 286 g/mol. The molecule has 16 heavy (non-hydrogen) atoms. The molecule has 0 aliphatic heterocycles. The van der Waals surface area contributed by atoms with Crippen LogP contribution in [0.4, 0.5) is 5.82 Å². The lowest BCUT2D eigenvalue weighted by Gasteiger charge is -2.21. The first-order chi connectivity index (χ1) is 7.50. The number of halogens is 1. The van der Waals surface area contributed by atoms with Gasteiger partial charge in [0.25, 0.3) is 0 Å². The lowest BCUT2D eigenvalue weighted by atomic mass is 10.3. The van der Waals surface area contributed by atoms with Gasteiger partial charge in [0, 0.05) is 29.8 Å². The number of nitrogens with one attached hydrogen (secondary N) is 1. The molecule has 4 heteroatoms. The fourth-order valence-electron chi connectivity index (χ4n) is 1.25. The van der Waals surface area contributed by atoms with Crippen molar-refractivity contribution in [2.24, 2.45) is 0 Å². The molecule has 0 saturated heterocycles. The summed E-state index contributed by atoms with van der Waals surface area (Å²) < 4.78 is 1.05. The van der Waals surface area contributed by atoms with E-state index in [1.54, 1.807) is 0 Å². The lowest BCUT2D eigenvalue weighted by Crippen LogP contribution is -2.31. The van der Waals surface area contributed by atoms with Crippen LogP contribution in [0.1, 0.15) is 19.4 Å². The number of aryl methyl sites for hydroxylation is 1. The predicted molar refractivity (Wildman–Crippen MR) is 72.9 cm³/mol. The lowest BCUT2D eigenvalue weighted by molar-refractivity contribution is 0.284. The highest BCUT2D eigenvalue weighted by molar-refractivity contribution is 9.10. The minimum Gasteiger partial charge on any atom is -0.369 e. The first-order valence-electron chi connectivity index (χ1n) is 5.57. The van der Waals surface area contributed by atoms with E-state index in [1.165, 1.54) is 5.56 Å². The highest BCUT2D eigenvalue weighted by Crippen LogP contribution is 2.16. The molecular weight excluding hydrogens is 266 g/mol. The van der Waals surface area contributed by atoms with E-state index in [0.717, 1.165) is 23.4 Å². The van der Waals surface area contributed by atoms with Crippen LogP contribution < -0.4 is 5.32 Å². The summed E-state index contributed by atoms with van der Waals surface area (Å²) in [6.07, 6.45) is 1.84. The van der Waals surface area contributed by atoms with Crippen molar-refractivity contribution in [3.63, 3.8) is 0 Å². The Bertz CT molecular complexity index is 339. The number of rotatable bonds is 5. The maximum atomic E-state index is 4.30. The molecule has 0 unspecified atom stereocenters. The zero-order chi connectivity index (χ0) is 12.1. The van der Waals surface area contributed by atoms with Crippen LogP contribution in [0.5, 0.6) is 0 Å². The van der Waals surface area contributed by atoms with Gasteiger partial charge in [-0.05, 0) is 55.4 Å². The van der Waals surface area contributed by atoms with E-state index >= 15 is 0 Å². The fraction of sp³-hybridized carbons (Fsp3) is 0.583. The first-order valence-corrected chi connectivity index (χ1v) is 6.36. The van der Waals surface area contributed by atoms with Gasteiger partial charge < -0.3 is 10.2 Å². The Balaban J connectivity index is 2.40. The molecule has 3 nitrogen and oxygen atoms in total. The van der Waals surface area contributed by atoms with Crippen LogP contribution in [0.3, 0.4) is 0 Å². The van der Waals surface area contributed by atoms with Gasteiger partial charge in [-0.15, -0.1) is 0 Å². The highest BCUT2D eigenvalue weighted by Gasteiger charge is 2.02. The molecule has 0 bridgehead atoms. The molecule has 0 aliphatic carbocycles. The van der Waals surface area contributed by atoms with Gasteiger partial charge in [-0.3, -0.25) is 0 Å². The number of pyridine rings is 1. The Morgan fingerprint density at radius 1 is 1.50 bits per heavy atom. The quantitative estimate of drug-likeness (QED) is 0.902. The summed E-state index contributed by atoms with van der Waals surface area (Å²) >= 11 is 3.44. The SMILES string of the molecule is Cc1cc(NCCN(C)C(C)C)ncc1Br. The van der Waals surface area contributed by atoms with Crippen LogP contribution in [0.15, 0.2) is 16.7 Å². The topological polar surface area (TPSA) is 28.2 Å². The molecule has 0 spiro atoms. The third kappa shape index (κ3) is 4.10.